The van der Waals surface area contributed by atoms with E-state index in [4.69, 9.17) is 9.47 Å². The normalized spacial score (nSPS) is 11.8. The van der Waals surface area contributed by atoms with Crippen LogP contribution in [0.4, 0.5) is 4.39 Å². The van der Waals surface area contributed by atoms with Gasteiger partial charge in [0.25, 0.3) is 0 Å². The second-order valence-electron chi connectivity index (χ2n) is 7.03. The Morgan fingerprint density at radius 2 is 1.62 bits per heavy atom. The Morgan fingerprint density at radius 3 is 2.31 bits per heavy atom. The molecule has 4 heteroatoms. The van der Waals surface area contributed by atoms with Crippen molar-refractivity contribution in [1.29, 1.82) is 0 Å². The third kappa shape index (κ3) is 6.06. The van der Waals surface area contributed by atoms with Gasteiger partial charge in [0, 0.05) is 12.6 Å². The molecule has 1 N–H and O–H groups in total. The predicted octanol–water partition coefficient (Wildman–Crippen LogP) is 6.04. The number of hydrogen-bond donors (Lipinski definition) is 1. The summed E-state index contributed by atoms with van der Waals surface area (Å²) in [6.07, 6.45) is 2.20. The SMILES string of the molecule is CCCC(NCc1ccc(OCc2ccc(F)cc2)c(OC)c1)c1ccccc1. The molecule has 0 aromatic heterocycles. The van der Waals surface area contributed by atoms with E-state index in [1.54, 1.807) is 19.2 Å². The number of benzene rings is 3. The van der Waals surface area contributed by atoms with Crippen LogP contribution in [-0.2, 0) is 13.2 Å². The van der Waals surface area contributed by atoms with Gasteiger partial charge >= 0.3 is 0 Å². The van der Waals surface area contributed by atoms with Crippen LogP contribution in [0.1, 0.15) is 42.5 Å². The van der Waals surface area contributed by atoms with E-state index >= 15 is 0 Å². The molecule has 0 fully saturated rings. The fraction of sp³-hybridized carbons (Fsp3) is 0.280. The molecule has 0 radical (unpaired) electrons. The third-order valence-corrected chi connectivity index (χ3v) is 4.87. The molecule has 0 heterocycles. The first-order valence-corrected chi connectivity index (χ1v) is 10.0. The molecule has 3 rings (SSSR count). The van der Waals surface area contributed by atoms with Crippen LogP contribution in [0.25, 0.3) is 0 Å². The Morgan fingerprint density at radius 1 is 0.897 bits per heavy atom. The van der Waals surface area contributed by atoms with Crippen molar-refractivity contribution in [2.24, 2.45) is 0 Å². The van der Waals surface area contributed by atoms with Gasteiger partial charge in [-0.1, -0.05) is 61.9 Å². The van der Waals surface area contributed by atoms with Crippen molar-refractivity contribution in [2.45, 2.75) is 39.0 Å². The predicted molar refractivity (Wildman–Crippen MR) is 115 cm³/mol. The Balaban J connectivity index is 1.63. The van der Waals surface area contributed by atoms with Crippen molar-refractivity contribution in [2.75, 3.05) is 7.11 Å². The molecular formula is C25H28FNO2. The van der Waals surface area contributed by atoms with E-state index < -0.39 is 0 Å². The average molecular weight is 394 g/mol. The number of hydrogen-bond acceptors (Lipinski definition) is 3. The van der Waals surface area contributed by atoms with Crippen molar-refractivity contribution in [3.8, 4) is 11.5 Å². The second kappa shape index (κ2) is 10.6. The fourth-order valence-corrected chi connectivity index (χ4v) is 3.28. The number of rotatable bonds is 10. The van der Waals surface area contributed by atoms with Gasteiger partial charge in [0.2, 0.25) is 0 Å². The number of halogens is 1. The Hall–Kier alpha value is -2.85. The zero-order chi connectivity index (χ0) is 20.5. The highest BCUT2D eigenvalue weighted by atomic mass is 19.1. The van der Waals surface area contributed by atoms with Crippen molar-refractivity contribution in [3.05, 3.63) is 95.3 Å². The highest BCUT2D eigenvalue weighted by molar-refractivity contribution is 5.43. The van der Waals surface area contributed by atoms with E-state index in [1.807, 2.05) is 24.3 Å². The smallest absolute Gasteiger partial charge is 0.161 e. The zero-order valence-corrected chi connectivity index (χ0v) is 17.0. The largest absolute Gasteiger partial charge is 0.493 e. The van der Waals surface area contributed by atoms with Gasteiger partial charge < -0.3 is 14.8 Å². The summed E-state index contributed by atoms with van der Waals surface area (Å²) in [5.41, 5.74) is 3.35. The van der Waals surface area contributed by atoms with E-state index in [0.29, 0.717) is 24.1 Å². The minimum atomic E-state index is -0.250. The first kappa shape index (κ1) is 20.9. The van der Waals surface area contributed by atoms with E-state index in [-0.39, 0.29) is 5.82 Å². The summed E-state index contributed by atoms with van der Waals surface area (Å²) in [5.74, 6) is 1.12. The summed E-state index contributed by atoms with van der Waals surface area (Å²) in [5, 5.41) is 3.66. The van der Waals surface area contributed by atoms with Gasteiger partial charge in [0.05, 0.1) is 7.11 Å². The molecule has 0 bridgehead atoms. The summed E-state index contributed by atoms with van der Waals surface area (Å²) < 4.78 is 24.4. The first-order valence-electron chi connectivity index (χ1n) is 10.0. The summed E-state index contributed by atoms with van der Waals surface area (Å²) in [4.78, 5) is 0. The summed E-state index contributed by atoms with van der Waals surface area (Å²) in [6, 6.07) is 23.1. The molecular weight excluding hydrogens is 365 g/mol. The minimum absolute atomic E-state index is 0.250. The Kier molecular flexibility index (Phi) is 7.65. The molecule has 1 unspecified atom stereocenters. The molecule has 0 saturated carbocycles. The molecule has 0 aliphatic heterocycles. The first-order chi connectivity index (χ1) is 14.2. The highest BCUT2D eigenvalue weighted by Gasteiger charge is 2.11. The van der Waals surface area contributed by atoms with Gasteiger partial charge in [-0.25, -0.2) is 4.39 Å². The van der Waals surface area contributed by atoms with Crippen molar-refractivity contribution in [1.82, 2.24) is 5.32 Å². The van der Waals surface area contributed by atoms with Crippen LogP contribution < -0.4 is 14.8 Å². The second-order valence-corrected chi connectivity index (χ2v) is 7.03. The van der Waals surface area contributed by atoms with Crippen molar-refractivity contribution in [3.63, 3.8) is 0 Å². The van der Waals surface area contributed by atoms with E-state index in [9.17, 15) is 4.39 Å². The fourth-order valence-electron chi connectivity index (χ4n) is 3.28. The minimum Gasteiger partial charge on any atom is -0.493 e. The molecule has 152 valence electrons. The van der Waals surface area contributed by atoms with E-state index in [1.165, 1.54) is 17.7 Å². The molecule has 3 nitrogen and oxygen atoms in total. The third-order valence-electron chi connectivity index (χ3n) is 4.87. The van der Waals surface area contributed by atoms with Gasteiger partial charge in [-0.05, 0) is 47.4 Å². The number of nitrogens with one attached hydrogen (secondary N) is 1. The van der Waals surface area contributed by atoms with E-state index in [2.05, 4.69) is 36.5 Å². The zero-order valence-electron chi connectivity index (χ0n) is 17.0. The molecule has 0 spiro atoms. The summed E-state index contributed by atoms with van der Waals surface area (Å²) in [6.45, 7) is 3.31. The van der Waals surface area contributed by atoms with Gasteiger partial charge in [-0.15, -0.1) is 0 Å². The standard InChI is InChI=1S/C25H28FNO2/c1-3-7-23(21-8-5-4-6-9-21)27-17-20-12-15-24(25(16-20)28-2)29-18-19-10-13-22(26)14-11-19/h4-6,8-16,23,27H,3,7,17-18H2,1-2H3. The highest BCUT2D eigenvalue weighted by Crippen LogP contribution is 2.29. The lowest BCUT2D eigenvalue weighted by Crippen LogP contribution is -2.20. The Labute approximate surface area is 172 Å². The van der Waals surface area contributed by atoms with Crippen LogP contribution in [0.3, 0.4) is 0 Å². The topological polar surface area (TPSA) is 30.5 Å². The molecule has 3 aromatic carbocycles. The summed E-state index contributed by atoms with van der Waals surface area (Å²) >= 11 is 0. The molecule has 0 saturated heterocycles. The van der Waals surface area contributed by atoms with Gasteiger partial charge in [0.15, 0.2) is 11.5 Å². The van der Waals surface area contributed by atoms with Crippen LogP contribution in [0.15, 0.2) is 72.8 Å². The maximum absolute atomic E-state index is 13.0. The molecule has 3 aromatic rings. The molecule has 0 aliphatic carbocycles. The van der Waals surface area contributed by atoms with E-state index in [0.717, 1.165) is 30.5 Å². The van der Waals surface area contributed by atoms with Crippen LogP contribution in [0.2, 0.25) is 0 Å². The maximum atomic E-state index is 13.0. The van der Waals surface area contributed by atoms with Crippen molar-refractivity contribution >= 4 is 0 Å². The maximum Gasteiger partial charge on any atom is 0.161 e. The van der Waals surface area contributed by atoms with Gasteiger partial charge in [-0.2, -0.15) is 0 Å². The van der Waals surface area contributed by atoms with Gasteiger partial charge in [0.1, 0.15) is 12.4 Å². The quantitative estimate of drug-likeness (QED) is 0.455. The van der Waals surface area contributed by atoms with Crippen LogP contribution in [0, 0.1) is 5.82 Å². The van der Waals surface area contributed by atoms with Gasteiger partial charge in [-0.3, -0.25) is 0 Å². The average Bonchev–Trinajstić information content (AvgIpc) is 2.77. The monoisotopic (exact) mass is 393 g/mol. The number of ether oxygens (including phenoxy) is 2. The lowest BCUT2D eigenvalue weighted by Gasteiger charge is -2.19. The lowest BCUT2D eigenvalue weighted by atomic mass is 10.0. The molecule has 0 amide bonds. The van der Waals surface area contributed by atoms with Crippen molar-refractivity contribution < 1.29 is 13.9 Å². The van der Waals surface area contributed by atoms with Crippen LogP contribution in [-0.4, -0.2) is 7.11 Å². The molecule has 29 heavy (non-hydrogen) atoms. The Bertz CT molecular complexity index is 881. The van der Waals surface area contributed by atoms with Crippen LogP contribution >= 0.6 is 0 Å². The van der Waals surface area contributed by atoms with Crippen LogP contribution in [0.5, 0.6) is 11.5 Å². The molecule has 1 atom stereocenters. The number of methoxy groups -OCH3 is 1. The summed E-state index contributed by atoms with van der Waals surface area (Å²) in [7, 11) is 1.64. The molecule has 0 aliphatic rings. The lowest BCUT2D eigenvalue weighted by molar-refractivity contribution is 0.284.